The fraction of sp³-hybridized carbons (Fsp3) is 0.467. The topological polar surface area (TPSA) is 55.1 Å². The van der Waals surface area contributed by atoms with Crippen molar-refractivity contribution in [2.45, 2.75) is 32.6 Å². The molecule has 1 unspecified atom stereocenters. The van der Waals surface area contributed by atoms with E-state index in [1.165, 1.54) is 0 Å². The molecule has 0 saturated carbocycles. The van der Waals surface area contributed by atoms with Crippen molar-refractivity contribution in [2.24, 2.45) is 11.7 Å². The number of nitrogens with two attached hydrogens (primary N) is 1. The number of carbonyl (C=O) groups is 1. The van der Waals surface area contributed by atoms with E-state index in [4.69, 9.17) is 18.0 Å². The minimum Gasteiger partial charge on any atom is -0.393 e. The summed E-state index contributed by atoms with van der Waals surface area (Å²) in [6, 6.07) is 9.81. The van der Waals surface area contributed by atoms with E-state index in [1.807, 2.05) is 30.3 Å². The molecule has 0 radical (unpaired) electrons. The van der Waals surface area contributed by atoms with Crippen LogP contribution in [0.5, 0.6) is 0 Å². The highest BCUT2D eigenvalue weighted by molar-refractivity contribution is 7.80. The van der Waals surface area contributed by atoms with Gasteiger partial charge in [0.05, 0.1) is 10.9 Å². The smallest absolute Gasteiger partial charge is 0.230 e. The lowest BCUT2D eigenvalue weighted by molar-refractivity contribution is -0.122. The third kappa shape index (κ3) is 5.83. The van der Waals surface area contributed by atoms with E-state index in [9.17, 15) is 4.79 Å². The third-order valence-electron chi connectivity index (χ3n) is 3.02. The Labute approximate surface area is 120 Å². The Morgan fingerprint density at radius 3 is 2.58 bits per heavy atom. The molecule has 0 saturated heterocycles. The van der Waals surface area contributed by atoms with Crippen LogP contribution >= 0.6 is 12.2 Å². The number of hydrogen-bond acceptors (Lipinski definition) is 2. The first kappa shape index (κ1) is 15.6. The Morgan fingerprint density at radius 2 is 2.00 bits per heavy atom. The van der Waals surface area contributed by atoms with Gasteiger partial charge in [0, 0.05) is 6.54 Å². The van der Waals surface area contributed by atoms with Crippen LogP contribution in [-0.2, 0) is 11.2 Å². The van der Waals surface area contributed by atoms with Gasteiger partial charge in [-0.1, -0.05) is 62.3 Å². The molecule has 1 aromatic carbocycles. The summed E-state index contributed by atoms with van der Waals surface area (Å²) < 4.78 is 0. The van der Waals surface area contributed by atoms with Gasteiger partial charge in [0.25, 0.3) is 0 Å². The minimum absolute atomic E-state index is 0.0625. The maximum atomic E-state index is 12.1. The molecule has 104 valence electrons. The van der Waals surface area contributed by atoms with Gasteiger partial charge in [0.15, 0.2) is 0 Å². The zero-order valence-corrected chi connectivity index (χ0v) is 12.2. The number of amides is 1. The van der Waals surface area contributed by atoms with Crippen LogP contribution in [0.3, 0.4) is 0 Å². The lowest BCUT2D eigenvalue weighted by atomic mass is 9.98. The standard InChI is InChI=1S/C15H22N2OS/c1-2-3-7-10-17-15(18)13(14(16)19)11-12-8-5-4-6-9-12/h4-6,8-9,13H,2-3,7,10-11H2,1H3,(H2,16,19)(H,17,18). The van der Waals surface area contributed by atoms with E-state index in [2.05, 4.69) is 12.2 Å². The SMILES string of the molecule is CCCCCNC(=O)C(Cc1ccccc1)C(N)=S. The highest BCUT2D eigenvalue weighted by Gasteiger charge is 2.21. The lowest BCUT2D eigenvalue weighted by Gasteiger charge is -2.15. The Hall–Kier alpha value is -1.42. The predicted molar refractivity (Wildman–Crippen MR) is 83.0 cm³/mol. The van der Waals surface area contributed by atoms with Gasteiger partial charge in [-0.05, 0) is 18.4 Å². The molecule has 1 amide bonds. The molecule has 1 rings (SSSR count). The number of carbonyl (C=O) groups excluding carboxylic acids is 1. The van der Waals surface area contributed by atoms with Crippen molar-refractivity contribution in [1.82, 2.24) is 5.32 Å². The molecule has 0 spiro atoms. The van der Waals surface area contributed by atoms with E-state index in [0.717, 1.165) is 24.8 Å². The van der Waals surface area contributed by atoms with Gasteiger partial charge in [-0.2, -0.15) is 0 Å². The molecule has 1 aromatic rings. The zero-order chi connectivity index (χ0) is 14.1. The van der Waals surface area contributed by atoms with Crippen LogP contribution < -0.4 is 11.1 Å². The molecule has 3 nitrogen and oxygen atoms in total. The predicted octanol–water partition coefficient (Wildman–Crippen LogP) is 2.44. The van der Waals surface area contributed by atoms with Crippen molar-refractivity contribution in [3.8, 4) is 0 Å². The van der Waals surface area contributed by atoms with Crippen LogP contribution in [0.4, 0.5) is 0 Å². The number of rotatable bonds is 8. The Bertz CT molecular complexity index is 406. The summed E-state index contributed by atoms with van der Waals surface area (Å²) in [6.45, 7) is 2.83. The summed E-state index contributed by atoms with van der Waals surface area (Å²) in [6.07, 6.45) is 3.82. The summed E-state index contributed by atoms with van der Waals surface area (Å²) in [5.41, 5.74) is 6.76. The van der Waals surface area contributed by atoms with Gasteiger partial charge < -0.3 is 11.1 Å². The number of unbranched alkanes of at least 4 members (excludes halogenated alkanes) is 2. The first-order valence-electron chi connectivity index (χ1n) is 6.76. The summed E-state index contributed by atoms with van der Waals surface area (Å²) >= 11 is 5.01. The van der Waals surface area contributed by atoms with Crippen molar-refractivity contribution < 1.29 is 4.79 Å². The Balaban J connectivity index is 2.52. The Morgan fingerprint density at radius 1 is 1.32 bits per heavy atom. The molecule has 0 aliphatic rings. The molecule has 4 heteroatoms. The van der Waals surface area contributed by atoms with Crippen LogP contribution in [0.2, 0.25) is 0 Å². The maximum Gasteiger partial charge on any atom is 0.230 e. The monoisotopic (exact) mass is 278 g/mol. The molecule has 19 heavy (non-hydrogen) atoms. The second-order valence-corrected chi connectivity index (χ2v) is 5.11. The van der Waals surface area contributed by atoms with Gasteiger partial charge in [0.2, 0.25) is 5.91 Å². The summed E-state index contributed by atoms with van der Waals surface area (Å²) in [5, 5.41) is 2.91. The molecule has 0 aliphatic heterocycles. The molecule has 0 bridgehead atoms. The van der Waals surface area contributed by atoms with E-state index in [0.29, 0.717) is 13.0 Å². The average molecular weight is 278 g/mol. The first-order valence-corrected chi connectivity index (χ1v) is 7.17. The van der Waals surface area contributed by atoms with Crippen LogP contribution in [0, 0.1) is 5.92 Å². The molecule has 0 aliphatic carbocycles. The minimum atomic E-state index is -0.418. The number of hydrogen-bond donors (Lipinski definition) is 2. The van der Waals surface area contributed by atoms with E-state index < -0.39 is 5.92 Å². The molecule has 0 heterocycles. The summed E-state index contributed by atoms with van der Waals surface area (Å²) in [5.74, 6) is -0.480. The molecular weight excluding hydrogens is 256 g/mol. The molecular formula is C15H22N2OS. The van der Waals surface area contributed by atoms with Gasteiger partial charge in [-0.15, -0.1) is 0 Å². The lowest BCUT2D eigenvalue weighted by Crippen LogP contribution is -2.39. The summed E-state index contributed by atoms with van der Waals surface area (Å²) in [7, 11) is 0. The van der Waals surface area contributed by atoms with Gasteiger partial charge in [-0.3, -0.25) is 4.79 Å². The van der Waals surface area contributed by atoms with Gasteiger partial charge >= 0.3 is 0 Å². The third-order valence-corrected chi connectivity index (χ3v) is 3.31. The van der Waals surface area contributed by atoms with E-state index >= 15 is 0 Å². The van der Waals surface area contributed by atoms with Crippen LogP contribution in [0.15, 0.2) is 30.3 Å². The fourth-order valence-corrected chi connectivity index (χ4v) is 2.07. The van der Waals surface area contributed by atoms with E-state index in [-0.39, 0.29) is 10.9 Å². The second-order valence-electron chi connectivity index (χ2n) is 4.64. The first-order chi connectivity index (χ1) is 9.15. The van der Waals surface area contributed by atoms with Crippen molar-refractivity contribution in [3.05, 3.63) is 35.9 Å². The molecule has 1 atom stereocenters. The second kappa shape index (κ2) is 8.64. The van der Waals surface area contributed by atoms with Crippen molar-refractivity contribution in [1.29, 1.82) is 0 Å². The van der Waals surface area contributed by atoms with Crippen molar-refractivity contribution >= 4 is 23.1 Å². The number of benzene rings is 1. The highest BCUT2D eigenvalue weighted by Crippen LogP contribution is 2.09. The average Bonchev–Trinajstić information content (AvgIpc) is 2.41. The zero-order valence-electron chi connectivity index (χ0n) is 11.4. The fourth-order valence-electron chi connectivity index (χ4n) is 1.88. The maximum absolute atomic E-state index is 12.1. The van der Waals surface area contributed by atoms with Crippen LogP contribution in [0.1, 0.15) is 31.7 Å². The Kier molecular flexibility index (Phi) is 7.11. The van der Waals surface area contributed by atoms with Crippen LogP contribution in [-0.4, -0.2) is 17.4 Å². The number of nitrogens with one attached hydrogen (secondary N) is 1. The van der Waals surface area contributed by atoms with Gasteiger partial charge in [-0.25, -0.2) is 0 Å². The molecule has 0 fully saturated rings. The number of thiocarbonyl (C=S) groups is 1. The molecule has 3 N–H and O–H groups in total. The quantitative estimate of drug-likeness (QED) is 0.567. The van der Waals surface area contributed by atoms with Crippen molar-refractivity contribution in [2.75, 3.05) is 6.54 Å². The van der Waals surface area contributed by atoms with Crippen LogP contribution in [0.25, 0.3) is 0 Å². The van der Waals surface area contributed by atoms with Crippen molar-refractivity contribution in [3.63, 3.8) is 0 Å². The largest absolute Gasteiger partial charge is 0.393 e. The highest BCUT2D eigenvalue weighted by atomic mass is 32.1. The normalized spacial score (nSPS) is 11.8. The van der Waals surface area contributed by atoms with Gasteiger partial charge in [0.1, 0.15) is 0 Å². The summed E-state index contributed by atoms with van der Waals surface area (Å²) in [4.78, 5) is 12.3. The molecule has 0 aromatic heterocycles. The van der Waals surface area contributed by atoms with E-state index in [1.54, 1.807) is 0 Å².